The van der Waals surface area contributed by atoms with Gasteiger partial charge in [0.05, 0.1) is 5.56 Å². The lowest BCUT2D eigenvalue weighted by molar-refractivity contribution is 0.0845. The number of phenolic OH excluding ortho intramolecular Hbond substituents is 2. The Bertz CT molecular complexity index is 410. The number of hydrogen-bond donors (Lipinski definition) is 2. The summed E-state index contributed by atoms with van der Waals surface area (Å²) in [6.07, 6.45) is 1.84. The number of ketones is 1. The minimum atomic E-state index is -0.328. The summed E-state index contributed by atoms with van der Waals surface area (Å²) in [7, 11) is 1.40. The molecule has 4 nitrogen and oxygen atoms in total. The van der Waals surface area contributed by atoms with Gasteiger partial charge in [-0.2, -0.15) is 0 Å². The number of carbonyl (C=O) groups excluding carboxylic acids is 1. The third kappa shape index (κ3) is 2.41. The van der Waals surface area contributed by atoms with Gasteiger partial charge in [0.25, 0.3) is 0 Å². The maximum atomic E-state index is 11.5. The molecule has 0 aliphatic carbocycles. The number of Topliss-reactive ketones (excluding diaryl/α,β-unsaturated/α-hetero) is 1. The normalized spacial score (nSPS) is 10.1. The molecule has 0 atom stereocenters. The van der Waals surface area contributed by atoms with E-state index in [1.807, 2.05) is 0 Å². The fourth-order valence-corrected chi connectivity index (χ4v) is 1.41. The molecule has 0 aliphatic heterocycles. The molecule has 0 aromatic heterocycles. The Morgan fingerprint density at radius 3 is 2.75 bits per heavy atom. The molecule has 16 heavy (non-hydrogen) atoms. The molecule has 4 heteroatoms. The second-order valence-corrected chi connectivity index (χ2v) is 3.31. The Balaban J connectivity index is 3.17. The number of ether oxygens (including phenoxy) is 1. The van der Waals surface area contributed by atoms with Gasteiger partial charge in [-0.25, -0.2) is 0 Å². The lowest BCUT2D eigenvalue weighted by Gasteiger charge is -2.09. The van der Waals surface area contributed by atoms with E-state index >= 15 is 0 Å². The van der Waals surface area contributed by atoms with Crippen molar-refractivity contribution in [2.45, 2.75) is 6.42 Å². The smallest absolute Gasteiger partial charge is 0.192 e. The number of aromatic hydroxyl groups is 2. The molecule has 0 bridgehead atoms. The van der Waals surface area contributed by atoms with E-state index < -0.39 is 0 Å². The average Bonchev–Trinajstić information content (AvgIpc) is 2.24. The Morgan fingerprint density at radius 2 is 2.19 bits per heavy atom. The lowest BCUT2D eigenvalue weighted by Crippen LogP contribution is -2.08. The highest BCUT2D eigenvalue weighted by atomic mass is 16.5. The zero-order chi connectivity index (χ0) is 12.1. The van der Waals surface area contributed by atoms with E-state index in [1.165, 1.54) is 19.2 Å². The van der Waals surface area contributed by atoms with Gasteiger partial charge in [0.15, 0.2) is 5.78 Å². The van der Waals surface area contributed by atoms with E-state index in [-0.39, 0.29) is 29.5 Å². The van der Waals surface area contributed by atoms with Crippen LogP contribution < -0.4 is 0 Å². The summed E-state index contributed by atoms with van der Waals surface area (Å²) in [6, 6.07) is 2.75. The first-order valence-corrected chi connectivity index (χ1v) is 4.78. The molecule has 0 spiro atoms. The summed E-state index contributed by atoms with van der Waals surface area (Å²) in [5.41, 5.74) is 0.452. The molecule has 0 heterocycles. The van der Waals surface area contributed by atoms with Crippen LogP contribution in [0, 0.1) is 0 Å². The second kappa shape index (κ2) is 5.32. The van der Waals surface area contributed by atoms with Gasteiger partial charge in [0.2, 0.25) is 0 Å². The van der Waals surface area contributed by atoms with Crippen molar-refractivity contribution >= 4 is 5.78 Å². The fourth-order valence-electron chi connectivity index (χ4n) is 1.41. The molecular weight excluding hydrogens is 208 g/mol. The quantitative estimate of drug-likeness (QED) is 0.587. The standard InChI is InChI=1S/C12H14O4/c1-3-4-8-10(13)6-5-9(12(8)15)11(14)7-16-2/h3,5-6,13,15H,1,4,7H2,2H3. The molecule has 2 N–H and O–H groups in total. The van der Waals surface area contributed by atoms with Crippen molar-refractivity contribution in [3.05, 3.63) is 35.9 Å². The van der Waals surface area contributed by atoms with E-state index in [1.54, 1.807) is 6.08 Å². The van der Waals surface area contributed by atoms with Crippen LogP contribution in [0.25, 0.3) is 0 Å². The van der Waals surface area contributed by atoms with E-state index in [9.17, 15) is 15.0 Å². The molecule has 0 unspecified atom stereocenters. The van der Waals surface area contributed by atoms with Gasteiger partial charge in [-0.3, -0.25) is 4.79 Å². The van der Waals surface area contributed by atoms with E-state index in [2.05, 4.69) is 6.58 Å². The van der Waals surface area contributed by atoms with Crippen molar-refractivity contribution in [1.82, 2.24) is 0 Å². The highest BCUT2D eigenvalue weighted by Crippen LogP contribution is 2.31. The molecular formula is C12H14O4. The Labute approximate surface area is 93.8 Å². The molecule has 0 fully saturated rings. The number of phenols is 2. The number of rotatable bonds is 5. The summed E-state index contributed by atoms with van der Waals surface area (Å²) in [6.45, 7) is 3.41. The van der Waals surface area contributed by atoms with Gasteiger partial charge in [0, 0.05) is 12.7 Å². The van der Waals surface area contributed by atoms with Crippen LogP contribution in [0.15, 0.2) is 24.8 Å². The minimum absolute atomic E-state index is 0.0497. The zero-order valence-corrected chi connectivity index (χ0v) is 9.06. The van der Waals surface area contributed by atoms with Gasteiger partial charge in [0.1, 0.15) is 18.1 Å². The minimum Gasteiger partial charge on any atom is -0.508 e. The molecule has 0 radical (unpaired) electrons. The molecule has 1 rings (SSSR count). The molecule has 1 aromatic rings. The van der Waals surface area contributed by atoms with Crippen molar-refractivity contribution < 1.29 is 19.7 Å². The monoisotopic (exact) mass is 222 g/mol. The topological polar surface area (TPSA) is 66.8 Å². The molecule has 0 saturated heterocycles. The van der Waals surface area contributed by atoms with Gasteiger partial charge < -0.3 is 14.9 Å². The van der Waals surface area contributed by atoms with Gasteiger partial charge in [-0.15, -0.1) is 6.58 Å². The first-order valence-electron chi connectivity index (χ1n) is 4.78. The number of methoxy groups -OCH3 is 1. The lowest BCUT2D eigenvalue weighted by atomic mass is 10.0. The largest absolute Gasteiger partial charge is 0.508 e. The number of benzene rings is 1. The van der Waals surface area contributed by atoms with Crippen LogP contribution in [-0.4, -0.2) is 29.7 Å². The molecule has 0 saturated carbocycles. The number of allylic oxidation sites excluding steroid dienone is 1. The first-order chi connectivity index (χ1) is 7.61. The third-order valence-electron chi connectivity index (χ3n) is 2.18. The Hall–Kier alpha value is -1.81. The van der Waals surface area contributed by atoms with Gasteiger partial charge in [-0.05, 0) is 18.6 Å². The predicted octanol–water partition coefficient (Wildman–Crippen LogP) is 1.66. The average molecular weight is 222 g/mol. The van der Waals surface area contributed by atoms with Crippen molar-refractivity contribution in [1.29, 1.82) is 0 Å². The summed E-state index contributed by atoms with van der Waals surface area (Å²) >= 11 is 0. The number of carbonyl (C=O) groups is 1. The third-order valence-corrected chi connectivity index (χ3v) is 2.18. The fraction of sp³-hybridized carbons (Fsp3) is 0.250. The maximum absolute atomic E-state index is 11.5. The molecule has 0 aliphatic rings. The first kappa shape index (κ1) is 12.3. The highest BCUT2D eigenvalue weighted by Gasteiger charge is 2.16. The summed E-state index contributed by atoms with van der Waals surface area (Å²) in [4.78, 5) is 11.5. The number of hydrogen-bond acceptors (Lipinski definition) is 4. The van der Waals surface area contributed by atoms with E-state index in [0.29, 0.717) is 12.0 Å². The molecule has 86 valence electrons. The zero-order valence-electron chi connectivity index (χ0n) is 9.06. The van der Waals surface area contributed by atoms with Crippen molar-refractivity contribution in [2.24, 2.45) is 0 Å². The SMILES string of the molecule is C=CCc1c(O)ccc(C(=O)COC)c1O. The van der Waals surface area contributed by atoms with Crippen LogP contribution in [0.1, 0.15) is 15.9 Å². The van der Waals surface area contributed by atoms with Gasteiger partial charge >= 0.3 is 0 Å². The van der Waals surface area contributed by atoms with Crippen LogP contribution in [0.4, 0.5) is 0 Å². The highest BCUT2D eigenvalue weighted by molar-refractivity contribution is 6.00. The predicted molar refractivity (Wildman–Crippen MR) is 59.9 cm³/mol. The van der Waals surface area contributed by atoms with E-state index in [0.717, 1.165) is 0 Å². The van der Waals surface area contributed by atoms with Crippen molar-refractivity contribution in [2.75, 3.05) is 13.7 Å². The van der Waals surface area contributed by atoms with Gasteiger partial charge in [-0.1, -0.05) is 6.08 Å². The summed E-state index contributed by atoms with van der Waals surface area (Å²) in [5, 5.41) is 19.3. The van der Waals surface area contributed by atoms with E-state index in [4.69, 9.17) is 4.74 Å². The van der Waals surface area contributed by atoms with Crippen LogP contribution >= 0.6 is 0 Å². The van der Waals surface area contributed by atoms with Crippen LogP contribution in [0.2, 0.25) is 0 Å². The Kier molecular flexibility index (Phi) is 4.08. The van der Waals surface area contributed by atoms with Crippen LogP contribution in [0.3, 0.4) is 0 Å². The summed E-state index contributed by atoms with van der Waals surface area (Å²) in [5.74, 6) is -0.585. The Morgan fingerprint density at radius 1 is 1.50 bits per heavy atom. The van der Waals surface area contributed by atoms with Crippen molar-refractivity contribution in [3.8, 4) is 11.5 Å². The van der Waals surface area contributed by atoms with Crippen LogP contribution in [-0.2, 0) is 11.2 Å². The second-order valence-electron chi connectivity index (χ2n) is 3.31. The summed E-state index contributed by atoms with van der Waals surface area (Å²) < 4.78 is 4.70. The molecule has 1 aromatic carbocycles. The molecule has 0 amide bonds. The van der Waals surface area contributed by atoms with Crippen molar-refractivity contribution in [3.63, 3.8) is 0 Å². The van der Waals surface area contributed by atoms with Crippen LogP contribution in [0.5, 0.6) is 11.5 Å². The maximum Gasteiger partial charge on any atom is 0.192 e.